The molecule has 1 heterocycles. The number of hydrogen-bond donors (Lipinski definition) is 1. The Labute approximate surface area is 125 Å². The molecule has 0 saturated heterocycles. The van der Waals surface area contributed by atoms with E-state index < -0.39 is 11.9 Å². The highest BCUT2D eigenvalue weighted by molar-refractivity contribution is 9.11. The van der Waals surface area contributed by atoms with Crippen LogP contribution in [0.2, 0.25) is 0 Å². The number of benzene rings is 1. The molecule has 2 nitrogen and oxygen atoms in total. The summed E-state index contributed by atoms with van der Waals surface area (Å²) in [4.78, 5) is 6.10. The van der Waals surface area contributed by atoms with Gasteiger partial charge in [0.2, 0.25) is 0 Å². The van der Waals surface area contributed by atoms with Gasteiger partial charge in [-0.15, -0.1) is 0 Å². The number of nitrogens with zero attached hydrogens (tertiary/aromatic N) is 1. The second-order valence-corrected chi connectivity index (χ2v) is 5.89. The quantitative estimate of drug-likeness (QED) is 0.623. The van der Waals surface area contributed by atoms with Crippen LogP contribution in [0.25, 0.3) is 11.4 Å². The molecular formula is C10H4Br3F3N2. The molecule has 0 aliphatic carbocycles. The van der Waals surface area contributed by atoms with Crippen molar-refractivity contribution in [1.29, 1.82) is 0 Å². The van der Waals surface area contributed by atoms with Crippen LogP contribution in [-0.4, -0.2) is 9.97 Å². The van der Waals surface area contributed by atoms with Gasteiger partial charge in [-0.05, 0) is 50.1 Å². The summed E-state index contributed by atoms with van der Waals surface area (Å²) < 4.78 is 39.1. The van der Waals surface area contributed by atoms with Gasteiger partial charge in [-0.3, -0.25) is 0 Å². The first-order chi connectivity index (χ1) is 8.29. The first kappa shape index (κ1) is 14.1. The number of aromatic nitrogens is 2. The topological polar surface area (TPSA) is 28.7 Å². The second kappa shape index (κ2) is 4.97. The minimum absolute atomic E-state index is 0.147. The molecule has 8 heteroatoms. The van der Waals surface area contributed by atoms with Crippen molar-refractivity contribution >= 4 is 47.8 Å². The van der Waals surface area contributed by atoms with Gasteiger partial charge in [0.25, 0.3) is 0 Å². The third kappa shape index (κ3) is 2.80. The average Bonchev–Trinajstić information content (AvgIpc) is 2.59. The SMILES string of the molecule is FC(F)(F)c1[nH]c(-c2ccc(Br)cc2Br)nc1Br. The van der Waals surface area contributed by atoms with Crippen LogP contribution in [0, 0.1) is 0 Å². The normalized spacial score (nSPS) is 11.9. The molecule has 0 bridgehead atoms. The van der Waals surface area contributed by atoms with E-state index in [0.717, 1.165) is 4.47 Å². The van der Waals surface area contributed by atoms with Crippen molar-refractivity contribution in [1.82, 2.24) is 9.97 Å². The molecule has 1 aromatic carbocycles. The summed E-state index contributed by atoms with van der Waals surface area (Å²) in [5.41, 5.74) is -0.346. The van der Waals surface area contributed by atoms with Crippen LogP contribution in [0.15, 0.2) is 31.7 Å². The van der Waals surface area contributed by atoms with Gasteiger partial charge in [0.05, 0.1) is 0 Å². The van der Waals surface area contributed by atoms with E-state index in [1.54, 1.807) is 18.2 Å². The maximum absolute atomic E-state index is 12.6. The molecule has 2 rings (SSSR count). The van der Waals surface area contributed by atoms with E-state index in [9.17, 15) is 13.2 Å². The number of imidazole rings is 1. The summed E-state index contributed by atoms with van der Waals surface area (Å²) in [5.74, 6) is 0.147. The Kier molecular flexibility index (Phi) is 3.89. The number of halogens is 6. The molecule has 0 aliphatic heterocycles. The van der Waals surface area contributed by atoms with Gasteiger partial charge in [0.15, 0.2) is 5.69 Å². The van der Waals surface area contributed by atoms with Crippen LogP contribution in [-0.2, 0) is 6.18 Å². The minimum atomic E-state index is -4.47. The molecule has 0 fully saturated rings. The van der Waals surface area contributed by atoms with E-state index in [1.165, 1.54) is 0 Å². The zero-order valence-corrected chi connectivity index (χ0v) is 13.2. The fourth-order valence-corrected chi connectivity index (χ4v) is 3.08. The van der Waals surface area contributed by atoms with Gasteiger partial charge in [0, 0.05) is 14.5 Å². The predicted molar refractivity (Wildman–Crippen MR) is 72.1 cm³/mol. The molecule has 0 amide bonds. The average molecular weight is 449 g/mol. The number of rotatable bonds is 1. The molecule has 1 aromatic heterocycles. The zero-order valence-electron chi connectivity index (χ0n) is 8.45. The van der Waals surface area contributed by atoms with Crippen LogP contribution in [0.5, 0.6) is 0 Å². The minimum Gasteiger partial charge on any atom is -0.333 e. The van der Waals surface area contributed by atoms with Gasteiger partial charge in [-0.1, -0.05) is 15.9 Å². The lowest BCUT2D eigenvalue weighted by Gasteiger charge is -2.03. The first-order valence-electron chi connectivity index (χ1n) is 4.57. The third-order valence-corrected chi connectivity index (χ3v) is 3.85. The fraction of sp³-hybridized carbons (Fsp3) is 0.100. The van der Waals surface area contributed by atoms with Crippen LogP contribution in [0.4, 0.5) is 13.2 Å². The molecule has 2 aromatic rings. The van der Waals surface area contributed by atoms with Crippen molar-refractivity contribution in [2.75, 3.05) is 0 Å². The third-order valence-electron chi connectivity index (χ3n) is 2.13. The molecule has 0 saturated carbocycles. The summed E-state index contributed by atoms with van der Waals surface area (Å²) in [7, 11) is 0. The molecule has 0 unspecified atom stereocenters. The standard InChI is InChI=1S/C10H4Br3F3N2/c11-4-1-2-5(6(12)3-4)9-17-7(8(13)18-9)10(14,15)16/h1-3H,(H,17,18). The molecule has 0 aliphatic rings. The summed E-state index contributed by atoms with van der Waals surface area (Å²) in [6, 6.07) is 5.13. The molecule has 0 atom stereocenters. The summed E-state index contributed by atoms with van der Waals surface area (Å²) in [6.07, 6.45) is -4.47. The highest BCUT2D eigenvalue weighted by Gasteiger charge is 2.36. The summed E-state index contributed by atoms with van der Waals surface area (Å²) in [5, 5.41) is 0. The lowest BCUT2D eigenvalue weighted by Crippen LogP contribution is -2.06. The van der Waals surface area contributed by atoms with Crippen LogP contribution in [0.1, 0.15) is 5.69 Å². The predicted octanol–water partition coefficient (Wildman–Crippen LogP) is 5.38. The molecule has 18 heavy (non-hydrogen) atoms. The van der Waals surface area contributed by atoms with Crippen LogP contribution < -0.4 is 0 Å². The van der Waals surface area contributed by atoms with E-state index in [1.807, 2.05) is 0 Å². The Morgan fingerprint density at radius 2 is 1.78 bits per heavy atom. The second-order valence-electron chi connectivity index (χ2n) is 3.37. The number of H-pyrrole nitrogens is 1. The Balaban J connectivity index is 2.53. The number of aromatic amines is 1. The van der Waals surface area contributed by atoms with E-state index >= 15 is 0 Å². The monoisotopic (exact) mass is 446 g/mol. The van der Waals surface area contributed by atoms with Crippen molar-refractivity contribution in [2.45, 2.75) is 6.18 Å². The van der Waals surface area contributed by atoms with Crippen LogP contribution >= 0.6 is 47.8 Å². The number of nitrogens with one attached hydrogen (secondary N) is 1. The Bertz CT molecular complexity index is 593. The van der Waals surface area contributed by atoms with E-state index in [-0.39, 0.29) is 10.4 Å². The Morgan fingerprint density at radius 3 is 2.28 bits per heavy atom. The first-order valence-corrected chi connectivity index (χ1v) is 6.95. The van der Waals surface area contributed by atoms with Gasteiger partial charge >= 0.3 is 6.18 Å². The zero-order chi connectivity index (χ0) is 13.5. The highest BCUT2D eigenvalue weighted by atomic mass is 79.9. The van der Waals surface area contributed by atoms with Gasteiger partial charge in [0.1, 0.15) is 10.4 Å². The lowest BCUT2D eigenvalue weighted by atomic mass is 10.2. The van der Waals surface area contributed by atoms with Crippen molar-refractivity contribution in [3.05, 3.63) is 37.4 Å². The highest BCUT2D eigenvalue weighted by Crippen LogP contribution is 2.36. The number of hydrogen-bond acceptors (Lipinski definition) is 1. The van der Waals surface area contributed by atoms with Gasteiger partial charge in [-0.25, -0.2) is 4.98 Å². The molecule has 0 radical (unpaired) electrons. The van der Waals surface area contributed by atoms with Gasteiger partial charge < -0.3 is 4.98 Å². The van der Waals surface area contributed by atoms with E-state index in [0.29, 0.717) is 10.0 Å². The fourth-order valence-electron chi connectivity index (χ4n) is 1.35. The van der Waals surface area contributed by atoms with E-state index in [4.69, 9.17) is 0 Å². The largest absolute Gasteiger partial charge is 0.433 e. The van der Waals surface area contributed by atoms with E-state index in [2.05, 4.69) is 57.8 Å². The molecule has 96 valence electrons. The summed E-state index contributed by atoms with van der Waals surface area (Å²) >= 11 is 9.35. The summed E-state index contributed by atoms with van der Waals surface area (Å²) in [6.45, 7) is 0. The lowest BCUT2D eigenvalue weighted by molar-refractivity contribution is -0.141. The molecule has 1 N–H and O–H groups in total. The molecular weight excluding hydrogens is 445 g/mol. The number of alkyl halides is 3. The molecule has 0 spiro atoms. The van der Waals surface area contributed by atoms with Crippen molar-refractivity contribution in [3.8, 4) is 11.4 Å². The van der Waals surface area contributed by atoms with Crippen molar-refractivity contribution in [2.24, 2.45) is 0 Å². The smallest absolute Gasteiger partial charge is 0.333 e. The Hall–Kier alpha value is -0.340. The van der Waals surface area contributed by atoms with Crippen LogP contribution in [0.3, 0.4) is 0 Å². The Morgan fingerprint density at radius 1 is 1.11 bits per heavy atom. The van der Waals surface area contributed by atoms with Gasteiger partial charge in [-0.2, -0.15) is 13.2 Å². The maximum Gasteiger partial charge on any atom is 0.433 e. The van der Waals surface area contributed by atoms with Crippen molar-refractivity contribution in [3.63, 3.8) is 0 Å². The maximum atomic E-state index is 12.6. The van der Waals surface area contributed by atoms with Crippen molar-refractivity contribution < 1.29 is 13.2 Å².